The molecular formula is C26H32F3N7O2. The Balaban J connectivity index is 1.40. The second kappa shape index (κ2) is 11.9. The highest BCUT2D eigenvalue weighted by Gasteiger charge is 2.29. The average molecular weight is 532 g/mol. The Morgan fingerprint density at radius 2 is 1.97 bits per heavy atom. The van der Waals surface area contributed by atoms with Gasteiger partial charge in [0.25, 0.3) is 0 Å². The highest BCUT2D eigenvalue weighted by molar-refractivity contribution is 5.81. The van der Waals surface area contributed by atoms with E-state index in [4.69, 9.17) is 0 Å². The topological polar surface area (TPSA) is 98.0 Å². The molecule has 0 bridgehead atoms. The summed E-state index contributed by atoms with van der Waals surface area (Å²) in [7, 11) is 3.94. The van der Waals surface area contributed by atoms with Gasteiger partial charge in [0, 0.05) is 50.0 Å². The summed E-state index contributed by atoms with van der Waals surface area (Å²) in [4.78, 5) is 20.3. The van der Waals surface area contributed by atoms with Crippen LogP contribution in [0.4, 0.5) is 24.8 Å². The number of halogens is 3. The smallest absolute Gasteiger partial charge is 0.374 e. The van der Waals surface area contributed by atoms with E-state index in [1.807, 2.05) is 61.5 Å². The molecule has 0 spiro atoms. The molecule has 204 valence electrons. The van der Waals surface area contributed by atoms with Crippen LogP contribution in [0.2, 0.25) is 0 Å². The van der Waals surface area contributed by atoms with Gasteiger partial charge in [-0.15, -0.1) is 5.10 Å². The van der Waals surface area contributed by atoms with Gasteiger partial charge in [0.2, 0.25) is 11.9 Å². The van der Waals surface area contributed by atoms with Crippen molar-refractivity contribution in [1.29, 1.82) is 0 Å². The molecule has 1 aliphatic heterocycles. The standard InChI is InChI=1S/C26H32F3N7O2/c1-34(2)17-13-30-24(38)19-5-7-20(8-6-19)31-25-32-23-21(4-3-14-36(23)33-25)18-10-15-35(16-11-18)22(37)9-12-26(27,28)29/h3-8,10,14,24,30,38H,9,11-13,15-17H2,1-2H3,(H,31,33). The van der Waals surface area contributed by atoms with Crippen molar-refractivity contribution >= 4 is 28.8 Å². The minimum absolute atomic E-state index is 0.258. The van der Waals surface area contributed by atoms with Crippen molar-refractivity contribution in [3.63, 3.8) is 0 Å². The van der Waals surface area contributed by atoms with Crippen LogP contribution in [0.25, 0.3) is 11.2 Å². The molecule has 0 aliphatic carbocycles. The number of amides is 1. The maximum Gasteiger partial charge on any atom is 0.389 e. The molecule has 1 unspecified atom stereocenters. The minimum atomic E-state index is -4.34. The summed E-state index contributed by atoms with van der Waals surface area (Å²) in [5.41, 5.74) is 3.97. The number of nitrogens with one attached hydrogen (secondary N) is 2. The van der Waals surface area contributed by atoms with Gasteiger partial charge >= 0.3 is 6.18 Å². The molecule has 9 nitrogen and oxygen atoms in total. The highest BCUT2D eigenvalue weighted by atomic mass is 19.4. The molecule has 4 rings (SSSR count). The lowest BCUT2D eigenvalue weighted by molar-refractivity contribution is -0.148. The van der Waals surface area contributed by atoms with E-state index in [-0.39, 0.29) is 6.54 Å². The van der Waals surface area contributed by atoms with Crippen LogP contribution in [0, 0.1) is 0 Å². The SMILES string of the molecule is CN(C)CCNC(O)c1ccc(Nc2nc3c(C4=CCN(C(=O)CCC(F)(F)F)CC4)cccn3n2)cc1. The number of benzene rings is 1. The van der Waals surface area contributed by atoms with Crippen molar-refractivity contribution in [2.24, 2.45) is 0 Å². The van der Waals surface area contributed by atoms with Gasteiger partial charge in [-0.2, -0.15) is 18.2 Å². The van der Waals surface area contributed by atoms with E-state index in [9.17, 15) is 23.1 Å². The number of nitrogens with zero attached hydrogens (tertiary/aromatic N) is 5. The quantitative estimate of drug-likeness (QED) is 0.344. The van der Waals surface area contributed by atoms with Crippen molar-refractivity contribution in [3.05, 3.63) is 59.8 Å². The van der Waals surface area contributed by atoms with Gasteiger partial charge in [-0.1, -0.05) is 18.2 Å². The fourth-order valence-corrected chi connectivity index (χ4v) is 4.18. The Morgan fingerprint density at radius 1 is 1.21 bits per heavy atom. The molecule has 0 saturated carbocycles. The van der Waals surface area contributed by atoms with Crippen LogP contribution in [-0.4, -0.2) is 81.9 Å². The Kier molecular flexibility index (Phi) is 8.65. The van der Waals surface area contributed by atoms with E-state index in [1.54, 1.807) is 10.7 Å². The largest absolute Gasteiger partial charge is 0.389 e. The number of aromatic nitrogens is 3. The number of carbonyl (C=O) groups excluding carboxylic acids is 1. The van der Waals surface area contributed by atoms with Gasteiger partial charge in [-0.25, -0.2) is 4.52 Å². The lowest BCUT2D eigenvalue weighted by Crippen LogP contribution is -2.35. The number of pyridine rings is 1. The van der Waals surface area contributed by atoms with Crippen LogP contribution in [0.5, 0.6) is 0 Å². The highest BCUT2D eigenvalue weighted by Crippen LogP contribution is 2.28. The van der Waals surface area contributed by atoms with Crippen LogP contribution in [0.15, 0.2) is 48.7 Å². The molecule has 1 aromatic carbocycles. The Bertz CT molecular complexity index is 1270. The third-order valence-corrected chi connectivity index (χ3v) is 6.27. The van der Waals surface area contributed by atoms with Gasteiger partial charge in [0.1, 0.15) is 6.23 Å². The first-order valence-electron chi connectivity index (χ1n) is 12.4. The Morgan fingerprint density at radius 3 is 2.63 bits per heavy atom. The summed E-state index contributed by atoms with van der Waals surface area (Å²) < 4.78 is 39.0. The minimum Gasteiger partial charge on any atom is -0.374 e. The lowest BCUT2D eigenvalue weighted by Gasteiger charge is -2.27. The van der Waals surface area contributed by atoms with E-state index in [0.29, 0.717) is 31.1 Å². The van der Waals surface area contributed by atoms with Crippen molar-refractivity contribution in [2.45, 2.75) is 31.7 Å². The Labute approximate surface area is 218 Å². The van der Waals surface area contributed by atoms with Gasteiger partial charge in [-0.3, -0.25) is 10.1 Å². The summed E-state index contributed by atoms with van der Waals surface area (Å²) in [5, 5.41) is 21.1. The van der Waals surface area contributed by atoms with Crippen LogP contribution >= 0.6 is 0 Å². The summed E-state index contributed by atoms with van der Waals surface area (Å²) in [6.07, 6.45) is -2.58. The zero-order chi connectivity index (χ0) is 27.3. The first kappa shape index (κ1) is 27.6. The van der Waals surface area contributed by atoms with Crippen LogP contribution in [0.3, 0.4) is 0 Å². The summed E-state index contributed by atoms with van der Waals surface area (Å²) in [6.45, 7) is 2.08. The lowest BCUT2D eigenvalue weighted by atomic mass is 10.00. The number of fused-ring (bicyclic) bond motifs is 1. The van der Waals surface area contributed by atoms with E-state index in [0.717, 1.165) is 28.9 Å². The second-order valence-electron chi connectivity index (χ2n) is 9.47. The maximum absolute atomic E-state index is 12.5. The van der Waals surface area contributed by atoms with Crippen LogP contribution < -0.4 is 10.6 Å². The average Bonchev–Trinajstić information content (AvgIpc) is 3.29. The number of hydrogen-bond donors (Lipinski definition) is 3. The van der Waals surface area contributed by atoms with E-state index in [2.05, 4.69) is 20.7 Å². The van der Waals surface area contributed by atoms with E-state index >= 15 is 0 Å². The molecule has 38 heavy (non-hydrogen) atoms. The third kappa shape index (κ3) is 7.30. The fraction of sp³-hybridized carbons (Fsp3) is 0.423. The molecule has 0 radical (unpaired) electrons. The molecule has 2 aromatic heterocycles. The number of anilines is 2. The Hall–Kier alpha value is -3.48. The predicted octanol–water partition coefficient (Wildman–Crippen LogP) is 3.57. The fourth-order valence-electron chi connectivity index (χ4n) is 4.18. The van der Waals surface area contributed by atoms with Crippen molar-refractivity contribution in [1.82, 2.24) is 29.7 Å². The van der Waals surface area contributed by atoms with Gasteiger partial charge in [0.15, 0.2) is 5.65 Å². The van der Waals surface area contributed by atoms with Gasteiger partial charge in [-0.05, 0) is 55.9 Å². The predicted molar refractivity (Wildman–Crippen MR) is 139 cm³/mol. The summed E-state index contributed by atoms with van der Waals surface area (Å²) in [5.74, 6) is -0.0945. The van der Waals surface area contributed by atoms with Gasteiger partial charge in [0.05, 0.1) is 6.42 Å². The second-order valence-corrected chi connectivity index (χ2v) is 9.47. The zero-order valence-corrected chi connectivity index (χ0v) is 21.4. The van der Waals surface area contributed by atoms with Gasteiger partial charge < -0.3 is 20.2 Å². The molecule has 0 fully saturated rings. The number of likely N-dealkylation sites (N-methyl/N-ethyl adjacent to an activating group) is 1. The van der Waals surface area contributed by atoms with E-state index < -0.39 is 31.2 Å². The number of hydrogen-bond acceptors (Lipinski definition) is 7. The molecule has 1 atom stereocenters. The molecule has 3 aromatic rings. The number of carbonyl (C=O) groups is 1. The number of aliphatic hydroxyl groups is 1. The number of alkyl halides is 3. The molecule has 3 N–H and O–H groups in total. The first-order chi connectivity index (χ1) is 18.1. The van der Waals surface area contributed by atoms with Crippen LogP contribution in [-0.2, 0) is 4.79 Å². The molecule has 0 saturated heterocycles. The first-order valence-corrected chi connectivity index (χ1v) is 12.4. The zero-order valence-electron chi connectivity index (χ0n) is 21.4. The van der Waals surface area contributed by atoms with Crippen molar-refractivity contribution < 1.29 is 23.1 Å². The third-order valence-electron chi connectivity index (χ3n) is 6.27. The van der Waals surface area contributed by atoms with Crippen LogP contribution in [0.1, 0.15) is 36.6 Å². The molecule has 1 aliphatic rings. The summed E-state index contributed by atoms with van der Waals surface area (Å²) >= 11 is 0. The van der Waals surface area contributed by atoms with Crippen molar-refractivity contribution in [2.75, 3.05) is 45.6 Å². The maximum atomic E-state index is 12.5. The van der Waals surface area contributed by atoms with E-state index in [1.165, 1.54) is 4.90 Å². The summed E-state index contributed by atoms with van der Waals surface area (Å²) in [6, 6.07) is 11.1. The molecule has 12 heteroatoms. The van der Waals surface area contributed by atoms with Crippen molar-refractivity contribution in [3.8, 4) is 0 Å². The number of aliphatic hydroxyl groups excluding tert-OH is 1. The normalized spacial score (nSPS) is 15.1. The molecule has 3 heterocycles. The molecular weight excluding hydrogens is 499 g/mol. The number of rotatable bonds is 10. The monoisotopic (exact) mass is 531 g/mol. The molecule has 1 amide bonds.